The molecule has 0 amide bonds. The molecular formula is C18H25FO3Si. The summed E-state index contributed by atoms with van der Waals surface area (Å²) in [6, 6.07) is 4.52. The SMILES string of the molecule is C=C(C(=O)O)c1ccc(C2(O[Si](C)(C)C(C)(C)C)CC2)c(F)c1. The number of aliphatic carboxylic acids is 1. The van der Waals surface area contributed by atoms with E-state index in [0.29, 0.717) is 11.1 Å². The van der Waals surface area contributed by atoms with Crippen LogP contribution in [0.25, 0.3) is 5.57 Å². The molecule has 0 aliphatic heterocycles. The Kier molecular flexibility index (Phi) is 4.33. The molecule has 3 nitrogen and oxygen atoms in total. The number of benzene rings is 1. The maximum atomic E-state index is 14.6. The van der Waals surface area contributed by atoms with Crippen LogP contribution in [-0.4, -0.2) is 19.4 Å². The van der Waals surface area contributed by atoms with Gasteiger partial charge in [0.1, 0.15) is 5.82 Å². The molecule has 0 aromatic heterocycles. The first-order valence-electron chi connectivity index (χ1n) is 7.82. The molecule has 1 aliphatic rings. The van der Waals surface area contributed by atoms with Crippen LogP contribution in [0.3, 0.4) is 0 Å². The van der Waals surface area contributed by atoms with Crippen molar-refractivity contribution >= 4 is 19.9 Å². The molecule has 0 bridgehead atoms. The van der Waals surface area contributed by atoms with Crippen LogP contribution in [0, 0.1) is 5.82 Å². The smallest absolute Gasteiger partial charge is 0.335 e. The Morgan fingerprint density at radius 1 is 1.35 bits per heavy atom. The van der Waals surface area contributed by atoms with Gasteiger partial charge in [0.15, 0.2) is 8.32 Å². The topological polar surface area (TPSA) is 46.5 Å². The second kappa shape index (κ2) is 5.56. The van der Waals surface area contributed by atoms with Crippen molar-refractivity contribution in [1.29, 1.82) is 0 Å². The molecule has 5 heteroatoms. The Morgan fingerprint density at radius 2 is 1.91 bits per heavy atom. The molecule has 1 aromatic carbocycles. The van der Waals surface area contributed by atoms with Gasteiger partial charge in [0.2, 0.25) is 0 Å². The standard InChI is InChI=1S/C18H25FO3Si/c1-12(16(20)21)13-7-8-14(15(19)11-13)18(9-10-18)22-23(5,6)17(2,3)4/h7-8,11H,1,9-10H2,2-6H3,(H,20,21). The summed E-state index contributed by atoms with van der Waals surface area (Å²) in [6.45, 7) is 14.3. The molecule has 1 aromatic rings. The third-order valence-corrected chi connectivity index (χ3v) is 9.54. The molecule has 126 valence electrons. The van der Waals surface area contributed by atoms with Crippen LogP contribution in [0.15, 0.2) is 24.8 Å². The van der Waals surface area contributed by atoms with E-state index in [1.54, 1.807) is 12.1 Å². The molecule has 23 heavy (non-hydrogen) atoms. The molecule has 1 aliphatic carbocycles. The summed E-state index contributed by atoms with van der Waals surface area (Å²) in [7, 11) is -2.02. The number of hydrogen-bond acceptors (Lipinski definition) is 2. The maximum absolute atomic E-state index is 14.6. The van der Waals surface area contributed by atoms with Crippen LogP contribution >= 0.6 is 0 Å². The Hall–Kier alpha value is -1.46. The number of halogens is 1. The summed E-state index contributed by atoms with van der Waals surface area (Å²) in [5, 5.41) is 9.02. The Morgan fingerprint density at radius 3 is 2.30 bits per heavy atom. The van der Waals surface area contributed by atoms with Crippen molar-refractivity contribution in [3.8, 4) is 0 Å². The summed E-state index contributed by atoms with van der Waals surface area (Å²) in [5.41, 5.74) is 0.174. The van der Waals surface area contributed by atoms with E-state index in [-0.39, 0.29) is 10.6 Å². The molecular weight excluding hydrogens is 311 g/mol. The van der Waals surface area contributed by atoms with Gasteiger partial charge in [-0.3, -0.25) is 0 Å². The van der Waals surface area contributed by atoms with Gasteiger partial charge in [-0.1, -0.05) is 39.5 Å². The maximum Gasteiger partial charge on any atom is 0.335 e. The highest BCUT2D eigenvalue weighted by molar-refractivity contribution is 6.74. The summed E-state index contributed by atoms with van der Waals surface area (Å²) in [6.07, 6.45) is 1.60. The van der Waals surface area contributed by atoms with Crippen molar-refractivity contribution in [1.82, 2.24) is 0 Å². The van der Waals surface area contributed by atoms with Crippen LogP contribution in [0.5, 0.6) is 0 Å². The Balaban J connectivity index is 2.32. The van der Waals surface area contributed by atoms with Crippen molar-refractivity contribution in [3.63, 3.8) is 0 Å². The van der Waals surface area contributed by atoms with E-state index >= 15 is 0 Å². The number of carboxylic acid groups (broad SMARTS) is 1. The monoisotopic (exact) mass is 336 g/mol. The van der Waals surface area contributed by atoms with Gasteiger partial charge >= 0.3 is 5.97 Å². The molecule has 0 saturated heterocycles. The Labute approximate surface area is 138 Å². The predicted octanol–water partition coefficient (Wildman–Crippen LogP) is 4.93. The lowest BCUT2D eigenvalue weighted by molar-refractivity contribution is -0.130. The number of carbonyl (C=O) groups is 1. The second-order valence-corrected chi connectivity index (χ2v) is 12.6. The first-order chi connectivity index (χ1) is 10.4. The van der Waals surface area contributed by atoms with E-state index in [4.69, 9.17) is 9.53 Å². The van der Waals surface area contributed by atoms with Crippen LogP contribution in [0.1, 0.15) is 44.7 Å². The second-order valence-electron chi connectivity index (χ2n) is 7.83. The fourth-order valence-corrected chi connectivity index (χ4v) is 3.97. The van der Waals surface area contributed by atoms with Crippen molar-refractivity contribution in [3.05, 3.63) is 41.7 Å². The molecule has 0 atom stereocenters. The molecule has 0 spiro atoms. The molecule has 0 unspecified atom stereocenters. The highest BCUT2D eigenvalue weighted by atomic mass is 28.4. The fourth-order valence-electron chi connectivity index (χ4n) is 2.38. The van der Waals surface area contributed by atoms with Gasteiger partial charge in [0.05, 0.1) is 11.2 Å². The largest absolute Gasteiger partial charge is 0.478 e. The van der Waals surface area contributed by atoms with E-state index in [9.17, 15) is 9.18 Å². The van der Waals surface area contributed by atoms with Crippen LogP contribution in [0.2, 0.25) is 18.1 Å². The van der Waals surface area contributed by atoms with Gasteiger partial charge in [-0.25, -0.2) is 9.18 Å². The lowest BCUT2D eigenvalue weighted by Crippen LogP contribution is -2.44. The average molecular weight is 336 g/mol. The summed E-state index contributed by atoms with van der Waals surface area (Å²) in [4.78, 5) is 11.0. The normalized spacial score (nSPS) is 17.0. The van der Waals surface area contributed by atoms with Crippen molar-refractivity contribution < 1.29 is 18.7 Å². The first-order valence-corrected chi connectivity index (χ1v) is 10.7. The lowest BCUT2D eigenvalue weighted by Gasteiger charge is -2.40. The minimum atomic E-state index is -2.02. The number of carboxylic acids is 1. The highest BCUT2D eigenvalue weighted by Gasteiger charge is 2.53. The van der Waals surface area contributed by atoms with Gasteiger partial charge in [-0.15, -0.1) is 0 Å². The number of hydrogen-bond donors (Lipinski definition) is 1. The number of rotatable bonds is 5. The van der Waals surface area contributed by atoms with Crippen molar-refractivity contribution in [2.24, 2.45) is 0 Å². The fraction of sp³-hybridized carbons (Fsp3) is 0.500. The quantitative estimate of drug-likeness (QED) is 0.612. The van der Waals surface area contributed by atoms with Crippen molar-refractivity contribution in [2.45, 2.75) is 57.3 Å². The molecule has 2 rings (SSSR count). The minimum absolute atomic E-state index is 0.0522. The van der Waals surface area contributed by atoms with E-state index in [0.717, 1.165) is 12.8 Å². The molecule has 1 N–H and O–H groups in total. The van der Waals surface area contributed by atoms with Crippen LogP contribution in [-0.2, 0) is 14.8 Å². The zero-order valence-electron chi connectivity index (χ0n) is 14.5. The van der Waals surface area contributed by atoms with Crippen molar-refractivity contribution in [2.75, 3.05) is 0 Å². The molecule has 1 fully saturated rings. The van der Waals surface area contributed by atoms with E-state index < -0.39 is 25.7 Å². The van der Waals surface area contributed by atoms with Crippen LogP contribution < -0.4 is 0 Å². The zero-order valence-corrected chi connectivity index (χ0v) is 15.5. The third kappa shape index (κ3) is 3.40. The minimum Gasteiger partial charge on any atom is -0.478 e. The van der Waals surface area contributed by atoms with E-state index in [1.807, 2.05) is 0 Å². The molecule has 0 heterocycles. The lowest BCUT2D eigenvalue weighted by atomic mass is 10.0. The van der Waals surface area contributed by atoms with Gasteiger partial charge < -0.3 is 9.53 Å². The van der Waals surface area contributed by atoms with Gasteiger partial charge in [-0.05, 0) is 42.6 Å². The Bertz CT molecular complexity index is 655. The van der Waals surface area contributed by atoms with Gasteiger partial charge in [-0.2, -0.15) is 0 Å². The van der Waals surface area contributed by atoms with Gasteiger partial charge in [0, 0.05) is 5.56 Å². The first kappa shape index (κ1) is 17.9. The van der Waals surface area contributed by atoms with Crippen LogP contribution in [0.4, 0.5) is 4.39 Å². The summed E-state index contributed by atoms with van der Waals surface area (Å²) >= 11 is 0. The molecule has 1 saturated carbocycles. The highest BCUT2D eigenvalue weighted by Crippen LogP contribution is 2.54. The predicted molar refractivity (Wildman–Crippen MR) is 92.3 cm³/mol. The molecule has 0 radical (unpaired) electrons. The summed E-state index contributed by atoms with van der Waals surface area (Å²) in [5.74, 6) is -1.56. The summed E-state index contributed by atoms with van der Waals surface area (Å²) < 4.78 is 21.1. The van der Waals surface area contributed by atoms with E-state index in [2.05, 4.69) is 40.4 Å². The average Bonchev–Trinajstić information content (AvgIpc) is 3.15. The zero-order chi connectivity index (χ0) is 17.6. The third-order valence-electron chi connectivity index (χ3n) is 5.03. The van der Waals surface area contributed by atoms with Gasteiger partial charge in [0.25, 0.3) is 0 Å². The van der Waals surface area contributed by atoms with E-state index in [1.165, 1.54) is 6.07 Å².